The Morgan fingerprint density at radius 3 is 2.17 bits per heavy atom. The normalized spacial score (nSPS) is 19.9. The van der Waals surface area contributed by atoms with E-state index in [-0.39, 0.29) is 23.2 Å². The zero-order chi connectivity index (χ0) is 17.8. The molecule has 1 rings (SSSR count). The lowest BCUT2D eigenvalue weighted by atomic mass is 9.79. The van der Waals surface area contributed by atoms with Crippen molar-refractivity contribution < 1.29 is 9.59 Å². The van der Waals surface area contributed by atoms with Gasteiger partial charge in [-0.3, -0.25) is 10.1 Å². The molecule has 132 valence electrons. The number of imide groups is 1. The number of hydrogen-bond acceptors (Lipinski definition) is 3. The van der Waals surface area contributed by atoms with Gasteiger partial charge in [-0.15, -0.1) is 0 Å². The molecule has 0 aromatic heterocycles. The van der Waals surface area contributed by atoms with Crippen molar-refractivity contribution >= 4 is 11.9 Å². The number of rotatable bonds is 5. The Morgan fingerprint density at radius 2 is 1.74 bits per heavy atom. The summed E-state index contributed by atoms with van der Waals surface area (Å²) >= 11 is 0. The highest BCUT2D eigenvalue weighted by molar-refractivity contribution is 6.03. The van der Waals surface area contributed by atoms with E-state index in [2.05, 4.69) is 51.8 Å². The van der Waals surface area contributed by atoms with Gasteiger partial charge in [0.25, 0.3) is 5.91 Å². The summed E-state index contributed by atoms with van der Waals surface area (Å²) in [5.41, 5.74) is 0.255. The highest BCUT2D eigenvalue weighted by Gasteiger charge is 2.41. The summed E-state index contributed by atoms with van der Waals surface area (Å²) in [5, 5.41) is 6.10. The largest absolute Gasteiger partial charge is 0.324 e. The molecule has 0 unspecified atom stereocenters. The summed E-state index contributed by atoms with van der Waals surface area (Å²) in [5.74, 6) is -0.399. The molecule has 1 aliphatic heterocycles. The number of carbonyl (C=O) groups is 2. The van der Waals surface area contributed by atoms with Crippen molar-refractivity contribution in [2.24, 2.45) is 0 Å². The van der Waals surface area contributed by atoms with E-state index in [1.54, 1.807) is 6.92 Å². The predicted octanol–water partition coefficient (Wildman–Crippen LogP) is 3.21. The molecular weight excluding hydrogens is 290 g/mol. The van der Waals surface area contributed by atoms with Gasteiger partial charge in [0, 0.05) is 29.2 Å². The Morgan fingerprint density at radius 1 is 1.22 bits per heavy atom. The van der Waals surface area contributed by atoms with E-state index in [4.69, 9.17) is 0 Å². The molecule has 0 atom stereocenters. The summed E-state index contributed by atoms with van der Waals surface area (Å²) < 4.78 is 0. The number of piperidine rings is 1. The summed E-state index contributed by atoms with van der Waals surface area (Å²) in [6, 6.07) is -0.185. The van der Waals surface area contributed by atoms with E-state index in [0.29, 0.717) is 12.1 Å². The fourth-order valence-electron chi connectivity index (χ4n) is 3.54. The fourth-order valence-corrected chi connectivity index (χ4v) is 3.54. The van der Waals surface area contributed by atoms with Crippen LogP contribution in [0.1, 0.15) is 67.2 Å². The lowest BCUT2D eigenvalue weighted by molar-refractivity contribution is -0.116. The first-order valence-corrected chi connectivity index (χ1v) is 8.54. The molecule has 5 nitrogen and oxygen atoms in total. The molecule has 1 heterocycles. The third-order valence-corrected chi connectivity index (χ3v) is 4.23. The van der Waals surface area contributed by atoms with Crippen molar-refractivity contribution in [1.29, 1.82) is 0 Å². The van der Waals surface area contributed by atoms with Gasteiger partial charge in [-0.25, -0.2) is 4.79 Å². The van der Waals surface area contributed by atoms with Crippen LogP contribution in [0.2, 0.25) is 0 Å². The van der Waals surface area contributed by atoms with Crippen LogP contribution in [-0.2, 0) is 4.79 Å². The maximum Gasteiger partial charge on any atom is 0.324 e. The van der Waals surface area contributed by atoms with Gasteiger partial charge in [-0.05, 0) is 53.9 Å². The van der Waals surface area contributed by atoms with Gasteiger partial charge in [0.05, 0.1) is 0 Å². The Labute approximate surface area is 140 Å². The summed E-state index contributed by atoms with van der Waals surface area (Å²) in [4.78, 5) is 26.3. The molecular formula is C18H33N3O2. The van der Waals surface area contributed by atoms with Crippen LogP contribution in [0.4, 0.5) is 4.79 Å². The summed E-state index contributed by atoms with van der Waals surface area (Å²) in [7, 11) is 0. The molecule has 0 aromatic rings. The number of urea groups is 1. The number of nitrogens with zero attached hydrogens (tertiary/aromatic N) is 1. The SMILES string of the molecule is C=C(C)C(=O)NC(=O)N(CCCC)C1CC(C)(C)NC(C)(C)C1. The van der Waals surface area contributed by atoms with Crippen molar-refractivity contribution in [2.75, 3.05) is 6.54 Å². The van der Waals surface area contributed by atoms with E-state index < -0.39 is 5.91 Å². The quantitative estimate of drug-likeness (QED) is 0.764. The van der Waals surface area contributed by atoms with Gasteiger partial charge in [0.1, 0.15) is 0 Å². The second kappa shape index (κ2) is 7.47. The second-order valence-corrected chi connectivity index (χ2v) is 8.04. The monoisotopic (exact) mass is 323 g/mol. The zero-order valence-electron chi connectivity index (χ0n) is 15.6. The van der Waals surface area contributed by atoms with Crippen LogP contribution in [0.25, 0.3) is 0 Å². The average molecular weight is 323 g/mol. The third kappa shape index (κ3) is 5.98. The summed E-state index contributed by atoms with van der Waals surface area (Å²) in [6.45, 7) is 16.6. The van der Waals surface area contributed by atoms with Gasteiger partial charge >= 0.3 is 6.03 Å². The van der Waals surface area contributed by atoms with Crippen molar-refractivity contribution in [3.63, 3.8) is 0 Å². The predicted molar refractivity (Wildman–Crippen MR) is 94.3 cm³/mol. The minimum absolute atomic E-state index is 0.0461. The Balaban J connectivity index is 2.93. The lowest BCUT2D eigenvalue weighted by Crippen LogP contribution is -2.63. The third-order valence-electron chi connectivity index (χ3n) is 4.23. The van der Waals surface area contributed by atoms with Gasteiger partial charge in [0.2, 0.25) is 0 Å². The van der Waals surface area contributed by atoms with Crippen molar-refractivity contribution in [1.82, 2.24) is 15.5 Å². The van der Waals surface area contributed by atoms with Crippen molar-refractivity contribution in [3.8, 4) is 0 Å². The van der Waals surface area contributed by atoms with Gasteiger partial charge in [0.15, 0.2) is 0 Å². The molecule has 5 heteroatoms. The maximum absolute atomic E-state index is 12.6. The molecule has 0 radical (unpaired) electrons. The van der Waals surface area contributed by atoms with Gasteiger partial charge in [-0.1, -0.05) is 19.9 Å². The minimum Gasteiger partial charge on any atom is -0.321 e. The van der Waals surface area contributed by atoms with Crippen LogP contribution in [0.5, 0.6) is 0 Å². The fraction of sp³-hybridized carbons (Fsp3) is 0.778. The molecule has 23 heavy (non-hydrogen) atoms. The maximum atomic E-state index is 12.6. The molecule has 0 aromatic carbocycles. The highest BCUT2D eigenvalue weighted by Crippen LogP contribution is 2.31. The minimum atomic E-state index is -0.399. The van der Waals surface area contributed by atoms with E-state index >= 15 is 0 Å². The number of nitrogens with one attached hydrogen (secondary N) is 2. The van der Waals surface area contributed by atoms with Crippen LogP contribution >= 0.6 is 0 Å². The standard InChI is InChI=1S/C18H33N3O2/c1-8-9-10-21(16(23)19-15(22)13(2)3)14-11-17(4,5)20-18(6,7)12-14/h14,20H,2,8-12H2,1,3-7H3,(H,19,22,23). The summed E-state index contributed by atoms with van der Waals surface area (Å²) in [6.07, 6.45) is 3.68. The molecule has 3 amide bonds. The van der Waals surface area contributed by atoms with Gasteiger partial charge in [-0.2, -0.15) is 0 Å². The number of carbonyl (C=O) groups excluding carboxylic acids is 2. The van der Waals surface area contributed by atoms with E-state index in [1.807, 2.05) is 4.90 Å². The first kappa shape index (κ1) is 19.7. The Bertz CT molecular complexity index is 453. The van der Waals surface area contributed by atoms with E-state index in [0.717, 1.165) is 25.7 Å². The number of amides is 3. The van der Waals surface area contributed by atoms with Gasteiger partial charge < -0.3 is 10.2 Å². The Hall–Kier alpha value is -1.36. The van der Waals surface area contributed by atoms with Crippen LogP contribution in [-0.4, -0.2) is 40.5 Å². The molecule has 0 aliphatic carbocycles. The zero-order valence-corrected chi connectivity index (χ0v) is 15.6. The topological polar surface area (TPSA) is 61.4 Å². The van der Waals surface area contributed by atoms with Crippen LogP contribution in [0.3, 0.4) is 0 Å². The molecule has 0 saturated carbocycles. The number of unbranched alkanes of at least 4 members (excludes halogenated alkanes) is 1. The van der Waals surface area contributed by atoms with E-state index in [9.17, 15) is 9.59 Å². The number of hydrogen-bond donors (Lipinski definition) is 2. The van der Waals surface area contributed by atoms with Crippen molar-refractivity contribution in [2.45, 2.75) is 84.3 Å². The lowest BCUT2D eigenvalue weighted by Gasteiger charge is -2.49. The second-order valence-electron chi connectivity index (χ2n) is 8.04. The first-order valence-electron chi connectivity index (χ1n) is 8.54. The molecule has 2 N–H and O–H groups in total. The van der Waals surface area contributed by atoms with Crippen LogP contribution in [0, 0.1) is 0 Å². The smallest absolute Gasteiger partial charge is 0.321 e. The Kier molecular flexibility index (Phi) is 6.40. The molecule has 1 saturated heterocycles. The van der Waals surface area contributed by atoms with Crippen molar-refractivity contribution in [3.05, 3.63) is 12.2 Å². The molecule has 1 fully saturated rings. The van der Waals surface area contributed by atoms with Crippen LogP contribution in [0.15, 0.2) is 12.2 Å². The molecule has 0 spiro atoms. The molecule has 0 bridgehead atoms. The van der Waals surface area contributed by atoms with E-state index in [1.165, 1.54) is 0 Å². The highest BCUT2D eigenvalue weighted by atomic mass is 16.2. The van der Waals surface area contributed by atoms with Crippen LogP contribution < -0.4 is 10.6 Å². The first-order chi connectivity index (χ1) is 10.5. The molecule has 1 aliphatic rings. The average Bonchev–Trinajstić information content (AvgIpc) is 2.35.